The van der Waals surface area contributed by atoms with E-state index in [4.69, 9.17) is 22.4 Å². The fraction of sp³-hybridized carbons (Fsp3) is 0.300. The molecule has 3 N–H and O–H groups in total. The van der Waals surface area contributed by atoms with E-state index < -0.39 is 5.97 Å². The zero-order valence-electron chi connectivity index (χ0n) is 8.24. The number of aliphatic carboxylic acids is 1. The quantitative estimate of drug-likeness (QED) is 0.633. The lowest BCUT2D eigenvalue weighted by Gasteiger charge is -2.09. The smallest absolute Gasteiger partial charge is 0.304 e. The van der Waals surface area contributed by atoms with Gasteiger partial charge in [0.05, 0.1) is 17.1 Å². The largest absolute Gasteiger partial charge is 0.481 e. The van der Waals surface area contributed by atoms with Crippen LogP contribution in [0.2, 0.25) is 5.02 Å². The van der Waals surface area contributed by atoms with Gasteiger partial charge in [0.1, 0.15) is 0 Å². The predicted molar refractivity (Wildman–Crippen MR) is 63.4 cm³/mol. The predicted octanol–water partition coefficient (Wildman–Crippen LogP) is 2.88. The normalized spacial score (nSPS) is 12.4. The summed E-state index contributed by atoms with van der Waals surface area (Å²) >= 11 is 7.32. The highest BCUT2D eigenvalue weighted by Gasteiger charge is 2.09. The van der Waals surface area contributed by atoms with Crippen LogP contribution in [0.5, 0.6) is 0 Å². The third-order valence-electron chi connectivity index (χ3n) is 1.77. The van der Waals surface area contributed by atoms with Crippen LogP contribution in [-0.2, 0) is 4.79 Å². The first-order chi connectivity index (χ1) is 6.99. The Morgan fingerprint density at radius 2 is 2.33 bits per heavy atom. The number of nitrogens with two attached hydrogens (primary N) is 1. The minimum absolute atomic E-state index is 0.0159. The Hall–Kier alpha value is -0.870. The molecule has 1 rings (SSSR count). The molecule has 82 valence electrons. The Labute approximate surface area is 97.6 Å². The van der Waals surface area contributed by atoms with Crippen LogP contribution in [0.1, 0.15) is 13.3 Å². The second-order valence-electron chi connectivity index (χ2n) is 3.21. The van der Waals surface area contributed by atoms with Gasteiger partial charge in [-0.3, -0.25) is 4.79 Å². The standard InChI is InChI=1S/C10H12ClNO2S/c1-6(4-10(13)14)15-7-2-3-9(12)8(11)5-7/h2-3,5-6H,4,12H2,1H3,(H,13,14). The highest BCUT2D eigenvalue weighted by Crippen LogP contribution is 2.29. The van der Waals surface area contributed by atoms with Crippen molar-refractivity contribution in [2.45, 2.75) is 23.5 Å². The van der Waals surface area contributed by atoms with Crippen molar-refractivity contribution in [1.82, 2.24) is 0 Å². The second kappa shape index (κ2) is 5.28. The number of carboxylic acid groups (broad SMARTS) is 1. The van der Waals surface area contributed by atoms with Gasteiger partial charge < -0.3 is 10.8 Å². The summed E-state index contributed by atoms with van der Waals surface area (Å²) in [6, 6.07) is 5.31. The fourth-order valence-corrected chi connectivity index (χ4v) is 2.37. The average Bonchev–Trinajstić information content (AvgIpc) is 2.10. The van der Waals surface area contributed by atoms with Gasteiger partial charge >= 0.3 is 5.97 Å². The SMILES string of the molecule is CC(CC(=O)O)Sc1ccc(N)c(Cl)c1. The lowest BCUT2D eigenvalue weighted by atomic mass is 10.3. The summed E-state index contributed by atoms with van der Waals surface area (Å²) in [7, 11) is 0. The number of carboxylic acids is 1. The maximum Gasteiger partial charge on any atom is 0.304 e. The van der Waals surface area contributed by atoms with Gasteiger partial charge in [0.15, 0.2) is 0 Å². The summed E-state index contributed by atoms with van der Waals surface area (Å²) in [4.78, 5) is 11.4. The van der Waals surface area contributed by atoms with Crippen LogP contribution in [0.4, 0.5) is 5.69 Å². The minimum Gasteiger partial charge on any atom is -0.481 e. The van der Waals surface area contributed by atoms with E-state index in [0.29, 0.717) is 10.7 Å². The molecule has 0 radical (unpaired) electrons. The first-order valence-electron chi connectivity index (χ1n) is 4.42. The molecule has 0 heterocycles. The molecule has 1 aromatic carbocycles. The molecule has 5 heteroatoms. The molecule has 1 aromatic rings. The molecule has 0 bridgehead atoms. The van der Waals surface area contributed by atoms with Crippen molar-refractivity contribution < 1.29 is 9.90 Å². The van der Waals surface area contributed by atoms with E-state index in [1.54, 1.807) is 12.1 Å². The number of carbonyl (C=O) groups is 1. The number of halogens is 1. The van der Waals surface area contributed by atoms with Crippen molar-refractivity contribution in [2.75, 3.05) is 5.73 Å². The summed E-state index contributed by atoms with van der Waals surface area (Å²) in [6.45, 7) is 1.86. The van der Waals surface area contributed by atoms with Crippen molar-refractivity contribution in [1.29, 1.82) is 0 Å². The second-order valence-corrected chi connectivity index (χ2v) is 5.13. The van der Waals surface area contributed by atoms with Crippen LogP contribution in [0, 0.1) is 0 Å². The van der Waals surface area contributed by atoms with Crippen molar-refractivity contribution in [2.24, 2.45) is 0 Å². The highest BCUT2D eigenvalue weighted by molar-refractivity contribution is 8.00. The molecule has 3 nitrogen and oxygen atoms in total. The molecule has 0 aliphatic heterocycles. The molecular weight excluding hydrogens is 234 g/mol. The molecular formula is C10H12ClNO2S. The van der Waals surface area contributed by atoms with Gasteiger partial charge in [-0.15, -0.1) is 11.8 Å². The average molecular weight is 246 g/mol. The van der Waals surface area contributed by atoms with E-state index >= 15 is 0 Å². The van der Waals surface area contributed by atoms with Crippen LogP contribution in [0.3, 0.4) is 0 Å². The molecule has 0 saturated heterocycles. The number of rotatable bonds is 4. The molecule has 0 saturated carbocycles. The van der Waals surface area contributed by atoms with Crippen LogP contribution >= 0.6 is 23.4 Å². The van der Waals surface area contributed by atoms with Gasteiger partial charge in [-0.25, -0.2) is 0 Å². The van der Waals surface area contributed by atoms with E-state index in [2.05, 4.69) is 0 Å². The third-order valence-corrected chi connectivity index (χ3v) is 3.19. The topological polar surface area (TPSA) is 63.3 Å². The van der Waals surface area contributed by atoms with Crippen LogP contribution in [-0.4, -0.2) is 16.3 Å². The van der Waals surface area contributed by atoms with E-state index in [1.165, 1.54) is 11.8 Å². The molecule has 1 atom stereocenters. The van der Waals surface area contributed by atoms with Crippen LogP contribution in [0.25, 0.3) is 0 Å². The molecule has 0 aromatic heterocycles. The van der Waals surface area contributed by atoms with Gasteiger partial charge in [0, 0.05) is 10.1 Å². The number of hydrogen-bond donors (Lipinski definition) is 2. The summed E-state index contributed by atoms with van der Waals surface area (Å²) in [5, 5.41) is 9.12. The van der Waals surface area contributed by atoms with Crippen molar-refractivity contribution >= 4 is 35.0 Å². The van der Waals surface area contributed by atoms with Crippen molar-refractivity contribution in [3.8, 4) is 0 Å². The van der Waals surface area contributed by atoms with Crippen LogP contribution in [0.15, 0.2) is 23.1 Å². The molecule has 15 heavy (non-hydrogen) atoms. The van der Waals surface area contributed by atoms with Gasteiger partial charge in [-0.1, -0.05) is 18.5 Å². The Morgan fingerprint density at radius 1 is 1.67 bits per heavy atom. The van der Waals surface area contributed by atoms with Gasteiger partial charge in [-0.05, 0) is 18.2 Å². The summed E-state index contributed by atoms with van der Waals surface area (Å²) in [5.41, 5.74) is 6.10. The fourth-order valence-electron chi connectivity index (χ4n) is 1.10. The van der Waals surface area contributed by atoms with Crippen LogP contribution < -0.4 is 5.73 Å². The van der Waals surface area contributed by atoms with E-state index in [1.807, 2.05) is 13.0 Å². The maximum atomic E-state index is 10.5. The zero-order valence-corrected chi connectivity index (χ0v) is 9.81. The highest BCUT2D eigenvalue weighted by atomic mass is 35.5. The van der Waals surface area contributed by atoms with Crippen molar-refractivity contribution in [3.63, 3.8) is 0 Å². The Balaban J connectivity index is 2.64. The first kappa shape index (κ1) is 12.2. The molecule has 0 amide bonds. The number of nitrogen functional groups attached to an aromatic ring is 1. The van der Waals surface area contributed by atoms with E-state index in [0.717, 1.165) is 4.90 Å². The Morgan fingerprint density at radius 3 is 2.87 bits per heavy atom. The maximum absolute atomic E-state index is 10.5. The Bertz CT molecular complexity index is 370. The van der Waals surface area contributed by atoms with Gasteiger partial charge in [0.25, 0.3) is 0 Å². The first-order valence-corrected chi connectivity index (χ1v) is 5.68. The molecule has 0 fully saturated rings. The summed E-state index contributed by atoms with van der Waals surface area (Å²) < 4.78 is 0. The molecule has 0 spiro atoms. The number of benzene rings is 1. The third kappa shape index (κ3) is 4.01. The van der Waals surface area contributed by atoms with Gasteiger partial charge in [-0.2, -0.15) is 0 Å². The summed E-state index contributed by atoms with van der Waals surface area (Å²) in [5.74, 6) is -0.795. The number of hydrogen-bond acceptors (Lipinski definition) is 3. The number of thioether (sulfide) groups is 1. The molecule has 0 aliphatic carbocycles. The number of anilines is 1. The summed E-state index contributed by atoms with van der Waals surface area (Å²) in [6.07, 6.45) is 0.132. The zero-order chi connectivity index (χ0) is 11.4. The lowest BCUT2D eigenvalue weighted by molar-refractivity contribution is -0.136. The van der Waals surface area contributed by atoms with E-state index in [9.17, 15) is 4.79 Å². The lowest BCUT2D eigenvalue weighted by Crippen LogP contribution is -2.05. The van der Waals surface area contributed by atoms with E-state index in [-0.39, 0.29) is 11.7 Å². The monoisotopic (exact) mass is 245 g/mol. The Kier molecular flexibility index (Phi) is 4.29. The molecule has 1 unspecified atom stereocenters. The van der Waals surface area contributed by atoms with Crippen molar-refractivity contribution in [3.05, 3.63) is 23.2 Å². The molecule has 0 aliphatic rings. The minimum atomic E-state index is -0.795. The van der Waals surface area contributed by atoms with Gasteiger partial charge in [0.2, 0.25) is 0 Å².